The summed E-state index contributed by atoms with van der Waals surface area (Å²) in [6, 6.07) is -1.04. The summed E-state index contributed by atoms with van der Waals surface area (Å²) in [6.45, 7) is 0.890. The number of alkyl halides is 17. The van der Waals surface area contributed by atoms with Gasteiger partial charge in [0.15, 0.2) is 0 Å². The van der Waals surface area contributed by atoms with Crippen LogP contribution in [0.25, 0.3) is 0 Å². The summed E-state index contributed by atoms with van der Waals surface area (Å²) in [4.78, 5) is 9.15. The molecule has 31 heavy (non-hydrogen) atoms. The van der Waals surface area contributed by atoms with E-state index in [1.165, 1.54) is 0 Å². The third-order valence-electron chi connectivity index (χ3n) is 3.70. The van der Waals surface area contributed by atoms with Crippen LogP contribution in [-0.2, 0) is 4.43 Å². The van der Waals surface area contributed by atoms with Gasteiger partial charge in [-0.15, -0.1) is 0 Å². The molecule has 0 fully saturated rings. The van der Waals surface area contributed by atoms with Crippen LogP contribution in [0.4, 0.5) is 74.6 Å². The second kappa shape index (κ2) is 7.49. The first-order valence-electron chi connectivity index (χ1n) is 7.16. The van der Waals surface area contributed by atoms with Gasteiger partial charge in [-0.05, 0) is 12.6 Å². The SMILES string of the molecule is CC[Si](C)(O)OC(F)(F)C(F)(F)C(F)(F)C(F)(F)C(F)(F)C(F)(F)C(F)(F)C(F)(F)F. The highest BCUT2D eigenvalue weighted by atomic mass is 28.4. The normalized spacial score (nSPS) is 18.2. The molecule has 0 heterocycles. The summed E-state index contributed by atoms with van der Waals surface area (Å²) in [5, 5.41) is 0. The minimum Gasteiger partial charge on any atom is -0.411 e. The molecule has 0 aliphatic heterocycles. The summed E-state index contributed by atoms with van der Waals surface area (Å²) < 4.78 is 223. The molecule has 0 aliphatic carbocycles. The Kier molecular flexibility index (Phi) is 7.23. The first kappa shape index (κ1) is 29.9. The van der Waals surface area contributed by atoms with Gasteiger partial charge in [0, 0.05) is 0 Å². The van der Waals surface area contributed by atoms with E-state index in [0.717, 1.165) is 0 Å². The highest BCUT2D eigenvalue weighted by Crippen LogP contribution is 2.64. The van der Waals surface area contributed by atoms with E-state index >= 15 is 0 Å². The monoisotopic (exact) mass is 524 g/mol. The van der Waals surface area contributed by atoms with Crippen molar-refractivity contribution in [1.82, 2.24) is 0 Å². The third-order valence-corrected chi connectivity index (χ3v) is 5.71. The van der Waals surface area contributed by atoms with E-state index in [2.05, 4.69) is 4.43 Å². The van der Waals surface area contributed by atoms with Gasteiger partial charge in [0.2, 0.25) is 0 Å². The lowest BCUT2D eigenvalue weighted by atomic mass is 9.91. The van der Waals surface area contributed by atoms with Crippen LogP contribution in [-0.4, -0.2) is 61.2 Å². The van der Waals surface area contributed by atoms with Crippen LogP contribution in [0.5, 0.6) is 0 Å². The zero-order valence-corrected chi connectivity index (χ0v) is 15.5. The van der Waals surface area contributed by atoms with E-state index in [4.69, 9.17) is 4.80 Å². The van der Waals surface area contributed by atoms with Crippen molar-refractivity contribution in [3.05, 3.63) is 0 Å². The lowest BCUT2D eigenvalue weighted by Crippen LogP contribution is -2.75. The molecule has 0 bridgehead atoms. The molecule has 1 atom stereocenters. The van der Waals surface area contributed by atoms with Gasteiger partial charge >= 0.3 is 56.4 Å². The van der Waals surface area contributed by atoms with Gasteiger partial charge in [-0.3, -0.25) is 0 Å². The fourth-order valence-corrected chi connectivity index (χ4v) is 2.39. The van der Waals surface area contributed by atoms with Crippen LogP contribution < -0.4 is 0 Å². The Labute approximate surface area is 161 Å². The summed E-state index contributed by atoms with van der Waals surface area (Å²) >= 11 is 0. The van der Waals surface area contributed by atoms with E-state index < -0.39 is 62.4 Å². The maximum Gasteiger partial charge on any atom is 0.460 e. The van der Waals surface area contributed by atoms with Crippen molar-refractivity contribution in [2.45, 2.75) is 67.3 Å². The molecule has 188 valence electrons. The number of hydrogen-bond donors (Lipinski definition) is 1. The second-order valence-corrected chi connectivity index (χ2v) is 9.35. The van der Waals surface area contributed by atoms with Gasteiger partial charge in [0.1, 0.15) is 0 Å². The standard InChI is InChI=1S/C11H9F17O2Si/c1-3-31(2,29)30-11(27,28)9(22,23)7(18,19)5(14,15)4(12,13)6(16,17)8(20,21)10(24,25)26/h29H,3H2,1-2H3. The molecule has 0 amide bonds. The van der Waals surface area contributed by atoms with Crippen molar-refractivity contribution >= 4 is 8.56 Å². The smallest absolute Gasteiger partial charge is 0.411 e. The molecular formula is C11H9F17O2Si. The Bertz CT molecular complexity index is 653. The second-order valence-electron chi connectivity index (χ2n) is 6.09. The molecule has 0 rings (SSSR count). The van der Waals surface area contributed by atoms with Crippen LogP contribution in [0.3, 0.4) is 0 Å². The van der Waals surface area contributed by atoms with Crippen molar-refractivity contribution in [3.63, 3.8) is 0 Å². The fourth-order valence-electron chi connectivity index (χ4n) is 1.56. The van der Waals surface area contributed by atoms with Crippen molar-refractivity contribution in [2.24, 2.45) is 0 Å². The molecule has 0 aromatic heterocycles. The topological polar surface area (TPSA) is 29.5 Å². The average Bonchev–Trinajstić information content (AvgIpc) is 2.51. The van der Waals surface area contributed by atoms with Gasteiger partial charge in [-0.1, -0.05) is 6.92 Å². The zero-order chi connectivity index (χ0) is 25.9. The van der Waals surface area contributed by atoms with Crippen molar-refractivity contribution in [3.8, 4) is 0 Å². The summed E-state index contributed by atoms with van der Waals surface area (Å²) in [6.07, 6.45) is -14.8. The highest BCUT2D eigenvalue weighted by Gasteiger charge is 2.95. The molecule has 2 nitrogen and oxygen atoms in total. The largest absolute Gasteiger partial charge is 0.460 e. The Morgan fingerprint density at radius 2 is 0.806 bits per heavy atom. The number of hydrogen-bond acceptors (Lipinski definition) is 2. The minimum absolute atomic E-state index is 0.180. The molecule has 0 saturated carbocycles. The van der Waals surface area contributed by atoms with Crippen LogP contribution >= 0.6 is 0 Å². The third kappa shape index (κ3) is 4.18. The lowest BCUT2D eigenvalue weighted by Gasteiger charge is -2.43. The maximum absolute atomic E-state index is 13.4. The molecule has 0 aromatic carbocycles. The first-order valence-corrected chi connectivity index (χ1v) is 9.72. The zero-order valence-electron chi connectivity index (χ0n) is 14.5. The molecule has 1 N–H and O–H groups in total. The first-order chi connectivity index (χ1) is 13.0. The Hall–Kier alpha value is -1.05. The molecule has 0 spiro atoms. The van der Waals surface area contributed by atoms with Crippen LogP contribution in [0, 0.1) is 0 Å². The Morgan fingerprint density at radius 1 is 0.548 bits per heavy atom. The van der Waals surface area contributed by atoms with Crippen molar-refractivity contribution in [1.29, 1.82) is 0 Å². The molecule has 0 aromatic rings. The van der Waals surface area contributed by atoms with Crippen LogP contribution in [0.1, 0.15) is 6.92 Å². The van der Waals surface area contributed by atoms with Crippen LogP contribution in [0.15, 0.2) is 0 Å². The Morgan fingerprint density at radius 3 is 1.06 bits per heavy atom. The summed E-state index contributed by atoms with van der Waals surface area (Å²) in [5.41, 5.74) is 0. The van der Waals surface area contributed by atoms with Gasteiger partial charge in [0.25, 0.3) is 0 Å². The van der Waals surface area contributed by atoms with E-state index in [0.29, 0.717) is 6.92 Å². The molecule has 0 saturated heterocycles. The Balaban J connectivity index is 6.70. The lowest BCUT2D eigenvalue weighted by molar-refractivity contribution is -0.472. The van der Waals surface area contributed by atoms with Gasteiger partial charge in [0.05, 0.1) is 0 Å². The van der Waals surface area contributed by atoms with Gasteiger partial charge < -0.3 is 9.22 Å². The molecule has 1 unspecified atom stereocenters. The summed E-state index contributed by atoms with van der Waals surface area (Å²) in [5.74, 6) is -50.5. The summed E-state index contributed by atoms with van der Waals surface area (Å²) in [7, 11) is -5.11. The minimum atomic E-state index is -8.69. The van der Waals surface area contributed by atoms with Crippen LogP contribution in [0.2, 0.25) is 12.6 Å². The highest BCUT2D eigenvalue weighted by molar-refractivity contribution is 6.64. The van der Waals surface area contributed by atoms with Gasteiger partial charge in [-0.2, -0.15) is 74.6 Å². The molecule has 0 radical (unpaired) electrons. The van der Waals surface area contributed by atoms with E-state index in [1.54, 1.807) is 0 Å². The number of halogens is 17. The van der Waals surface area contributed by atoms with Gasteiger partial charge in [-0.25, -0.2) is 0 Å². The average molecular weight is 524 g/mol. The molecule has 0 aliphatic rings. The predicted molar refractivity (Wildman–Crippen MR) is 66.1 cm³/mol. The number of rotatable bonds is 9. The van der Waals surface area contributed by atoms with E-state index in [1.807, 2.05) is 0 Å². The van der Waals surface area contributed by atoms with E-state index in [-0.39, 0.29) is 6.55 Å². The quantitative estimate of drug-likeness (QED) is 0.294. The molecule has 20 heteroatoms. The van der Waals surface area contributed by atoms with Crippen molar-refractivity contribution in [2.75, 3.05) is 0 Å². The van der Waals surface area contributed by atoms with Crippen molar-refractivity contribution < 1.29 is 83.9 Å². The maximum atomic E-state index is 13.4. The predicted octanol–water partition coefficient (Wildman–Crippen LogP) is 6.05. The fraction of sp³-hybridized carbons (Fsp3) is 1.00. The van der Waals surface area contributed by atoms with E-state index in [9.17, 15) is 74.6 Å². The molecular weight excluding hydrogens is 515 g/mol.